The molecule has 3 unspecified atom stereocenters. The molecule has 1 heterocycles. The van der Waals surface area contributed by atoms with Crippen molar-refractivity contribution in [3.05, 3.63) is 23.4 Å². The van der Waals surface area contributed by atoms with Gasteiger partial charge in [-0.25, -0.2) is 4.98 Å². The summed E-state index contributed by atoms with van der Waals surface area (Å²) in [7, 11) is 0. The Balaban J connectivity index is 2.04. The molecule has 1 fully saturated rings. The smallest absolute Gasteiger partial charge is 0.251 e. The van der Waals surface area contributed by atoms with E-state index in [4.69, 9.17) is 5.73 Å². The van der Waals surface area contributed by atoms with Gasteiger partial charge in [0.1, 0.15) is 5.82 Å². The van der Waals surface area contributed by atoms with Crippen LogP contribution >= 0.6 is 0 Å². The van der Waals surface area contributed by atoms with E-state index in [-0.39, 0.29) is 11.9 Å². The number of anilines is 1. The lowest BCUT2D eigenvalue weighted by Gasteiger charge is -2.33. The summed E-state index contributed by atoms with van der Waals surface area (Å²) in [5, 5.41) is 3.14. The van der Waals surface area contributed by atoms with E-state index in [1.165, 1.54) is 12.8 Å². The van der Waals surface area contributed by atoms with Gasteiger partial charge in [-0.3, -0.25) is 4.79 Å². The Morgan fingerprint density at radius 1 is 1.37 bits per heavy atom. The highest BCUT2D eigenvalue weighted by Gasteiger charge is 2.26. The van der Waals surface area contributed by atoms with E-state index >= 15 is 0 Å². The van der Waals surface area contributed by atoms with Crippen molar-refractivity contribution in [3.8, 4) is 0 Å². The lowest BCUT2D eigenvalue weighted by atomic mass is 9.80. The van der Waals surface area contributed by atoms with Crippen LogP contribution < -0.4 is 11.1 Å². The second-order valence-corrected chi connectivity index (χ2v) is 5.90. The van der Waals surface area contributed by atoms with Crippen molar-refractivity contribution >= 4 is 11.7 Å². The molecular weight excluding hydrogens is 238 g/mol. The number of aromatic nitrogens is 1. The molecule has 104 valence electrons. The molecule has 3 atom stereocenters. The Morgan fingerprint density at radius 2 is 2.11 bits per heavy atom. The number of pyridine rings is 1. The Bertz CT molecular complexity index is 452. The van der Waals surface area contributed by atoms with Crippen LogP contribution in [-0.4, -0.2) is 16.9 Å². The largest absolute Gasteiger partial charge is 0.384 e. The molecule has 0 bridgehead atoms. The number of aryl methyl sites for hydroxylation is 1. The van der Waals surface area contributed by atoms with Gasteiger partial charge in [-0.15, -0.1) is 0 Å². The SMILES string of the molecule is Cc1cc(C(=O)NC2CCC(C)CC2C)cc(N)n1. The molecule has 1 aromatic heterocycles. The maximum atomic E-state index is 12.2. The van der Waals surface area contributed by atoms with Gasteiger partial charge in [0.05, 0.1) is 0 Å². The third kappa shape index (κ3) is 3.46. The van der Waals surface area contributed by atoms with E-state index in [0.717, 1.165) is 18.0 Å². The van der Waals surface area contributed by atoms with Crippen LogP contribution in [0.4, 0.5) is 5.82 Å². The number of nitrogen functional groups attached to an aromatic ring is 1. The zero-order valence-electron chi connectivity index (χ0n) is 11.9. The number of carbonyl (C=O) groups excluding carboxylic acids is 1. The molecule has 19 heavy (non-hydrogen) atoms. The van der Waals surface area contributed by atoms with Crippen molar-refractivity contribution in [2.24, 2.45) is 11.8 Å². The minimum Gasteiger partial charge on any atom is -0.384 e. The number of nitrogens with two attached hydrogens (primary N) is 1. The van der Waals surface area contributed by atoms with Crippen LogP contribution in [0.5, 0.6) is 0 Å². The third-order valence-electron chi connectivity index (χ3n) is 3.98. The summed E-state index contributed by atoms with van der Waals surface area (Å²) in [5.74, 6) is 1.66. The van der Waals surface area contributed by atoms with Crippen molar-refractivity contribution in [2.45, 2.75) is 46.1 Å². The molecule has 1 amide bonds. The fraction of sp³-hybridized carbons (Fsp3) is 0.600. The summed E-state index contributed by atoms with van der Waals surface area (Å²) >= 11 is 0. The molecule has 1 aliphatic rings. The summed E-state index contributed by atoms with van der Waals surface area (Å²) in [6, 6.07) is 3.69. The van der Waals surface area contributed by atoms with Gasteiger partial charge in [0.2, 0.25) is 0 Å². The molecule has 0 spiro atoms. The highest BCUT2D eigenvalue weighted by molar-refractivity contribution is 5.95. The molecule has 0 saturated heterocycles. The monoisotopic (exact) mass is 261 g/mol. The summed E-state index contributed by atoms with van der Waals surface area (Å²) in [6.07, 6.45) is 3.43. The summed E-state index contributed by atoms with van der Waals surface area (Å²) in [4.78, 5) is 16.3. The number of nitrogens with zero attached hydrogens (tertiary/aromatic N) is 1. The van der Waals surface area contributed by atoms with Crippen LogP contribution in [-0.2, 0) is 0 Å². The normalized spacial score (nSPS) is 27.0. The van der Waals surface area contributed by atoms with Gasteiger partial charge in [-0.1, -0.05) is 13.8 Å². The van der Waals surface area contributed by atoms with Crippen LogP contribution in [0.1, 0.15) is 49.2 Å². The van der Waals surface area contributed by atoms with E-state index < -0.39 is 0 Å². The first kappa shape index (κ1) is 13.8. The van der Waals surface area contributed by atoms with E-state index in [1.54, 1.807) is 12.1 Å². The fourth-order valence-electron chi connectivity index (χ4n) is 2.96. The van der Waals surface area contributed by atoms with Crippen molar-refractivity contribution in [2.75, 3.05) is 5.73 Å². The summed E-state index contributed by atoms with van der Waals surface area (Å²) < 4.78 is 0. The van der Waals surface area contributed by atoms with Crippen LogP contribution in [0.2, 0.25) is 0 Å². The van der Waals surface area contributed by atoms with Crippen molar-refractivity contribution in [1.29, 1.82) is 0 Å². The fourth-order valence-corrected chi connectivity index (χ4v) is 2.96. The van der Waals surface area contributed by atoms with Gasteiger partial charge in [0.15, 0.2) is 0 Å². The van der Waals surface area contributed by atoms with E-state index in [9.17, 15) is 4.79 Å². The van der Waals surface area contributed by atoms with E-state index in [2.05, 4.69) is 24.1 Å². The molecular formula is C15H23N3O. The van der Waals surface area contributed by atoms with Gasteiger partial charge in [-0.2, -0.15) is 0 Å². The molecule has 1 aliphatic carbocycles. The zero-order valence-corrected chi connectivity index (χ0v) is 11.9. The number of rotatable bonds is 2. The number of amides is 1. The van der Waals surface area contributed by atoms with Crippen molar-refractivity contribution in [1.82, 2.24) is 10.3 Å². The Labute approximate surface area is 114 Å². The Morgan fingerprint density at radius 3 is 2.74 bits per heavy atom. The number of hydrogen-bond acceptors (Lipinski definition) is 3. The first-order chi connectivity index (χ1) is 8.95. The van der Waals surface area contributed by atoms with Gasteiger partial charge >= 0.3 is 0 Å². The van der Waals surface area contributed by atoms with Crippen LogP contribution in [0.25, 0.3) is 0 Å². The minimum absolute atomic E-state index is 0.0383. The standard InChI is InChI=1S/C15H23N3O/c1-9-4-5-13(10(2)6-9)18-15(19)12-7-11(3)17-14(16)8-12/h7-10,13H,4-6H2,1-3H3,(H2,16,17)(H,18,19). The zero-order chi connectivity index (χ0) is 14.0. The lowest BCUT2D eigenvalue weighted by Crippen LogP contribution is -2.42. The summed E-state index contributed by atoms with van der Waals surface area (Å²) in [6.45, 7) is 6.34. The first-order valence-electron chi connectivity index (χ1n) is 7.00. The Hall–Kier alpha value is -1.58. The van der Waals surface area contributed by atoms with Crippen LogP contribution in [0.15, 0.2) is 12.1 Å². The molecule has 0 aliphatic heterocycles. The molecule has 2 rings (SSSR count). The molecule has 0 radical (unpaired) electrons. The molecule has 4 heteroatoms. The van der Waals surface area contributed by atoms with Gasteiger partial charge in [-0.05, 0) is 50.2 Å². The third-order valence-corrected chi connectivity index (χ3v) is 3.98. The minimum atomic E-state index is -0.0383. The van der Waals surface area contributed by atoms with Crippen LogP contribution in [0.3, 0.4) is 0 Å². The van der Waals surface area contributed by atoms with Gasteiger partial charge in [0, 0.05) is 17.3 Å². The second kappa shape index (κ2) is 5.59. The number of carbonyl (C=O) groups is 1. The maximum absolute atomic E-state index is 12.2. The predicted molar refractivity (Wildman–Crippen MR) is 76.8 cm³/mol. The lowest BCUT2D eigenvalue weighted by molar-refractivity contribution is 0.0899. The van der Waals surface area contributed by atoms with Gasteiger partial charge in [0.25, 0.3) is 5.91 Å². The molecule has 3 N–H and O–H groups in total. The second-order valence-electron chi connectivity index (χ2n) is 5.90. The average molecular weight is 261 g/mol. The van der Waals surface area contributed by atoms with Crippen LogP contribution in [0, 0.1) is 18.8 Å². The quantitative estimate of drug-likeness (QED) is 0.859. The average Bonchev–Trinajstić information content (AvgIpc) is 2.31. The highest BCUT2D eigenvalue weighted by atomic mass is 16.1. The molecule has 1 saturated carbocycles. The van der Waals surface area contributed by atoms with Crippen molar-refractivity contribution in [3.63, 3.8) is 0 Å². The molecule has 1 aromatic rings. The number of nitrogens with one attached hydrogen (secondary N) is 1. The first-order valence-corrected chi connectivity index (χ1v) is 7.00. The predicted octanol–water partition coefficient (Wildman–Crippen LogP) is 2.53. The maximum Gasteiger partial charge on any atom is 0.251 e. The summed E-state index contributed by atoms with van der Waals surface area (Å²) in [5.41, 5.74) is 7.07. The van der Waals surface area contributed by atoms with E-state index in [1.807, 2.05) is 6.92 Å². The topological polar surface area (TPSA) is 68.0 Å². The number of hydrogen-bond donors (Lipinski definition) is 2. The van der Waals surface area contributed by atoms with Gasteiger partial charge < -0.3 is 11.1 Å². The molecule has 4 nitrogen and oxygen atoms in total. The van der Waals surface area contributed by atoms with Crippen molar-refractivity contribution < 1.29 is 4.79 Å². The van der Waals surface area contributed by atoms with E-state index in [0.29, 0.717) is 17.3 Å². The molecule has 0 aromatic carbocycles. The Kier molecular flexibility index (Phi) is 4.08. The highest BCUT2D eigenvalue weighted by Crippen LogP contribution is 2.28.